The highest BCUT2D eigenvalue weighted by atomic mass is 32.1. The fourth-order valence-corrected chi connectivity index (χ4v) is 4.54. The van der Waals surface area contributed by atoms with Crippen molar-refractivity contribution in [3.05, 3.63) is 90.4 Å². The van der Waals surface area contributed by atoms with E-state index in [0.29, 0.717) is 17.6 Å². The van der Waals surface area contributed by atoms with Crippen molar-refractivity contribution in [2.75, 3.05) is 18.5 Å². The number of hydrogen-bond donors (Lipinski definition) is 4. The summed E-state index contributed by atoms with van der Waals surface area (Å²) >= 11 is 3.53. The Hall–Kier alpha value is -3.78. The zero-order valence-corrected chi connectivity index (χ0v) is 26.9. The largest absolute Gasteiger partial charge is 0.386 e. The molecule has 7 nitrogen and oxygen atoms in total. The Bertz CT molecular complexity index is 1430. The Morgan fingerprint density at radius 2 is 1.93 bits per heavy atom. The Balaban J connectivity index is 0.00000116. The first-order chi connectivity index (χ1) is 20.3. The van der Waals surface area contributed by atoms with Gasteiger partial charge in [-0.05, 0) is 76.3 Å². The molecule has 0 aromatic carbocycles. The summed E-state index contributed by atoms with van der Waals surface area (Å²) in [6.45, 7) is 19.5. The second-order valence-corrected chi connectivity index (χ2v) is 10.7. The Kier molecular flexibility index (Phi) is 11.6. The zero-order valence-electron chi connectivity index (χ0n) is 26.0. The maximum Gasteiger partial charge on any atom is 0.160 e. The van der Waals surface area contributed by atoms with Gasteiger partial charge in [0.1, 0.15) is 5.82 Å². The first-order valence-corrected chi connectivity index (χ1v) is 15.7. The molecule has 1 fully saturated rings. The monoisotopic (exact) mass is 585 g/mol. The quantitative estimate of drug-likeness (QED) is 0.143. The summed E-state index contributed by atoms with van der Waals surface area (Å²) in [6.07, 6.45) is 17.5. The second-order valence-electron chi connectivity index (χ2n) is 10.7. The third-order valence-electron chi connectivity index (χ3n) is 7.42. The van der Waals surface area contributed by atoms with E-state index in [2.05, 4.69) is 85.1 Å². The van der Waals surface area contributed by atoms with Gasteiger partial charge in [-0.15, -0.1) is 6.58 Å². The molecule has 8 heteroatoms. The van der Waals surface area contributed by atoms with Crippen LogP contribution >= 0.6 is 12.6 Å². The summed E-state index contributed by atoms with van der Waals surface area (Å²) in [5, 5.41) is 3.46. The summed E-state index contributed by atoms with van der Waals surface area (Å²) in [4.78, 5) is 20.1. The molecule has 3 aromatic heterocycles. The van der Waals surface area contributed by atoms with Gasteiger partial charge >= 0.3 is 0 Å². The lowest BCUT2D eigenvalue weighted by Crippen LogP contribution is -2.34. The number of rotatable bonds is 10. The van der Waals surface area contributed by atoms with Gasteiger partial charge in [-0.2, -0.15) is 12.6 Å². The van der Waals surface area contributed by atoms with Gasteiger partial charge in [0.2, 0.25) is 0 Å². The lowest BCUT2D eigenvalue weighted by Gasteiger charge is -2.29. The Morgan fingerprint density at radius 1 is 1.19 bits per heavy atom. The molecule has 0 unspecified atom stereocenters. The van der Waals surface area contributed by atoms with Crippen molar-refractivity contribution in [1.29, 1.82) is 0 Å². The molecule has 4 N–H and O–H groups in total. The fourth-order valence-electron chi connectivity index (χ4n) is 4.54. The molecule has 0 radical (unpaired) electrons. The average Bonchev–Trinajstić information content (AvgIpc) is 3.75. The number of fused-ring (bicyclic) bond motifs is 1. The topological polar surface area (TPSA) is 95.8 Å². The van der Waals surface area contributed by atoms with E-state index >= 15 is 0 Å². The molecule has 1 aliphatic carbocycles. The number of hydrogen-bond acceptors (Lipinski definition) is 7. The van der Waals surface area contributed by atoms with Gasteiger partial charge in [0.15, 0.2) is 5.82 Å². The van der Waals surface area contributed by atoms with Crippen LogP contribution in [0.25, 0.3) is 28.7 Å². The van der Waals surface area contributed by atoms with E-state index < -0.39 is 0 Å². The number of nitrogen functional groups attached to an aromatic ring is 1. The molecular weight excluding hydrogens is 538 g/mol. The standard InChI is InChI=1S/C31H37N7.C2H6.CH4S/c1-6-8-17-38-19-25(22-11-14-33-28(22)20(38)3)27-18-26(21-9-10-21)36-30(37-27)24-12-15-34-29(32)23(24)13-16-35-31(4,5)7-2;2*1-2/h6,11-16,18-19,21,33,35H,1,3,7-10,17H2,2,4-5H3,(H2,32,34);1-2H3;2H,1H3/b16-13-;;. The third-order valence-corrected chi connectivity index (χ3v) is 7.42. The molecule has 0 saturated heterocycles. The number of H-pyrrole nitrogens is 1. The predicted octanol–water partition coefficient (Wildman–Crippen LogP) is 7.90. The minimum Gasteiger partial charge on any atom is -0.386 e. The van der Waals surface area contributed by atoms with Crippen molar-refractivity contribution in [1.82, 2.24) is 30.2 Å². The highest BCUT2D eigenvalue weighted by Gasteiger charge is 2.29. The molecule has 224 valence electrons. The number of nitrogens with two attached hydrogens (primary N) is 1. The highest BCUT2D eigenvalue weighted by molar-refractivity contribution is 7.79. The van der Waals surface area contributed by atoms with Gasteiger partial charge in [0, 0.05) is 64.6 Å². The van der Waals surface area contributed by atoms with Crippen LogP contribution < -0.4 is 11.1 Å². The van der Waals surface area contributed by atoms with Crippen LogP contribution in [0.4, 0.5) is 5.82 Å². The van der Waals surface area contributed by atoms with Gasteiger partial charge < -0.3 is 20.9 Å². The van der Waals surface area contributed by atoms with Crippen molar-refractivity contribution < 1.29 is 0 Å². The van der Waals surface area contributed by atoms with Gasteiger partial charge in [0.25, 0.3) is 0 Å². The molecule has 2 aliphatic rings. The van der Waals surface area contributed by atoms with E-state index in [-0.39, 0.29) is 5.54 Å². The van der Waals surface area contributed by atoms with E-state index in [1.165, 1.54) is 0 Å². The van der Waals surface area contributed by atoms with Crippen LogP contribution in [0.15, 0.2) is 62.2 Å². The summed E-state index contributed by atoms with van der Waals surface area (Å²) < 4.78 is 0. The molecule has 3 aromatic rings. The lowest BCUT2D eigenvalue weighted by molar-refractivity contribution is 0.429. The molecule has 0 amide bonds. The molecular formula is C34H47N7S. The van der Waals surface area contributed by atoms with E-state index in [1.807, 2.05) is 44.5 Å². The van der Waals surface area contributed by atoms with Crippen LogP contribution in [0.5, 0.6) is 0 Å². The second kappa shape index (κ2) is 14.9. The lowest BCUT2D eigenvalue weighted by atomic mass is 9.97. The minimum atomic E-state index is -0.0214. The molecule has 5 rings (SSSR count). The average molecular weight is 586 g/mol. The van der Waals surface area contributed by atoms with Crippen molar-refractivity contribution in [2.24, 2.45) is 0 Å². The van der Waals surface area contributed by atoms with Crippen LogP contribution in [-0.4, -0.2) is 43.2 Å². The third kappa shape index (κ3) is 7.53. The number of aromatic nitrogens is 4. The molecule has 42 heavy (non-hydrogen) atoms. The normalized spacial score (nSPS) is 14.3. The SMILES string of the molecule is C=CCCN1C=C(c2cc(C3CC3)nc(-c3ccnc(N)c3/C=C\NC(C)(C)CC)n2)c2cc[nH]c2C1=C.CC.CS. The van der Waals surface area contributed by atoms with E-state index in [9.17, 15) is 0 Å². The number of nitrogens with one attached hydrogen (secondary N) is 2. The molecule has 1 saturated carbocycles. The summed E-state index contributed by atoms with van der Waals surface area (Å²) in [5.74, 6) is 1.57. The van der Waals surface area contributed by atoms with Gasteiger partial charge in [0.05, 0.1) is 17.1 Å². The summed E-state index contributed by atoms with van der Waals surface area (Å²) in [7, 11) is 0. The minimum absolute atomic E-state index is 0.0214. The van der Waals surface area contributed by atoms with Crippen molar-refractivity contribution >= 4 is 35.8 Å². The molecule has 4 heterocycles. The van der Waals surface area contributed by atoms with Crippen LogP contribution in [0, 0.1) is 0 Å². The number of aromatic amines is 1. The predicted molar refractivity (Wildman–Crippen MR) is 183 cm³/mol. The number of anilines is 1. The number of thiol groups is 1. The Labute approximate surface area is 257 Å². The van der Waals surface area contributed by atoms with Crippen LogP contribution in [0.1, 0.15) is 94.4 Å². The molecule has 0 atom stereocenters. The van der Waals surface area contributed by atoms with Gasteiger partial charge in [-0.3, -0.25) is 0 Å². The smallest absolute Gasteiger partial charge is 0.160 e. The van der Waals surface area contributed by atoms with E-state index in [4.69, 9.17) is 15.7 Å². The van der Waals surface area contributed by atoms with Gasteiger partial charge in [-0.1, -0.05) is 33.4 Å². The molecule has 0 bridgehead atoms. The van der Waals surface area contributed by atoms with Crippen LogP contribution in [0.2, 0.25) is 0 Å². The first-order valence-electron chi connectivity index (χ1n) is 14.8. The van der Waals surface area contributed by atoms with Crippen LogP contribution in [0.3, 0.4) is 0 Å². The highest BCUT2D eigenvalue weighted by Crippen LogP contribution is 2.42. The number of nitrogens with zero attached hydrogens (tertiary/aromatic N) is 4. The van der Waals surface area contributed by atoms with Crippen molar-refractivity contribution in [2.45, 2.75) is 71.8 Å². The first kappa shape index (κ1) is 32.7. The van der Waals surface area contributed by atoms with E-state index in [1.54, 1.807) is 12.5 Å². The van der Waals surface area contributed by atoms with E-state index in [0.717, 1.165) is 77.3 Å². The van der Waals surface area contributed by atoms with Gasteiger partial charge in [-0.25, -0.2) is 15.0 Å². The number of pyridine rings is 1. The van der Waals surface area contributed by atoms with Crippen LogP contribution in [-0.2, 0) is 0 Å². The summed E-state index contributed by atoms with van der Waals surface area (Å²) in [6, 6.07) is 6.19. The fraction of sp³-hybridized carbons (Fsp3) is 0.382. The molecule has 0 spiro atoms. The zero-order chi connectivity index (χ0) is 30.9. The van der Waals surface area contributed by atoms with Crippen molar-refractivity contribution in [3.8, 4) is 11.4 Å². The molecule has 1 aliphatic heterocycles. The maximum atomic E-state index is 6.38. The maximum absolute atomic E-state index is 6.38. The van der Waals surface area contributed by atoms with Crippen molar-refractivity contribution in [3.63, 3.8) is 0 Å². The summed E-state index contributed by atoms with van der Waals surface area (Å²) in [5.41, 5.74) is 14.1. The Morgan fingerprint density at radius 3 is 2.60 bits per heavy atom.